The van der Waals surface area contributed by atoms with Crippen molar-refractivity contribution < 1.29 is 5.21 Å². The van der Waals surface area contributed by atoms with Crippen molar-refractivity contribution in [1.29, 1.82) is 0 Å². The van der Waals surface area contributed by atoms with Gasteiger partial charge in [-0.2, -0.15) is 0 Å². The van der Waals surface area contributed by atoms with Gasteiger partial charge in [0.15, 0.2) is 0 Å². The molecule has 0 aliphatic carbocycles. The minimum absolute atomic E-state index is 0.465. The summed E-state index contributed by atoms with van der Waals surface area (Å²) in [5, 5.41) is 12.1. The van der Waals surface area contributed by atoms with E-state index in [1.165, 1.54) is 5.56 Å². The molecule has 1 N–H and O–H groups in total. The Bertz CT molecular complexity index is 367. The first kappa shape index (κ1) is 12.1. The Morgan fingerprint density at radius 1 is 1.29 bits per heavy atom. The second kappa shape index (κ2) is 5.82. The Morgan fingerprint density at radius 2 is 1.94 bits per heavy atom. The first-order chi connectivity index (χ1) is 8.29. The number of likely N-dealkylation sites (tertiary alicyclic amines) is 1. The molecule has 0 saturated carbocycles. The highest BCUT2D eigenvalue weighted by atomic mass is 16.4. The predicted octanol–water partition coefficient (Wildman–Crippen LogP) is 2.75. The van der Waals surface area contributed by atoms with Gasteiger partial charge in [0.2, 0.25) is 0 Å². The number of piperidine rings is 1. The molecule has 0 amide bonds. The molecule has 1 aliphatic heterocycles. The predicted molar refractivity (Wildman–Crippen MR) is 69.3 cm³/mol. The maximum Gasteiger partial charge on any atom is 0.0571 e. The quantitative estimate of drug-likeness (QED) is 0.494. The third-order valence-corrected chi connectivity index (χ3v) is 3.59. The molecule has 1 aromatic carbocycles. The van der Waals surface area contributed by atoms with Crippen LogP contribution in [0.25, 0.3) is 0 Å². The zero-order chi connectivity index (χ0) is 12.1. The second-order valence-corrected chi connectivity index (χ2v) is 4.78. The van der Waals surface area contributed by atoms with Crippen LogP contribution in [0, 0.1) is 5.92 Å². The number of hydrogen-bond acceptors (Lipinski definition) is 3. The van der Waals surface area contributed by atoms with Crippen LogP contribution in [0.2, 0.25) is 0 Å². The highest BCUT2D eigenvalue weighted by molar-refractivity contribution is 5.83. The van der Waals surface area contributed by atoms with Gasteiger partial charge in [-0.05, 0) is 38.4 Å². The van der Waals surface area contributed by atoms with Gasteiger partial charge in [-0.25, -0.2) is 0 Å². The molecule has 17 heavy (non-hydrogen) atoms. The molecule has 92 valence electrons. The normalized spacial score (nSPS) is 19.5. The molecule has 1 aromatic rings. The lowest BCUT2D eigenvalue weighted by Crippen LogP contribution is -2.35. The third-order valence-electron chi connectivity index (χ3n) is 3.59. The summed E-state index contributed by atoms with van der Waals surface area (Å²) in [6.45, 7) is 5.12. The highest BCUT2D eigenvalue weighted by Crippen LogP contribution is 2.20. The van der Waals surface area contributed by atoms with E-state index in [4.69, 9.17) is 5.21 Å². The molecular weight excluding hydrogens is 212 g/mol. The number of hydrogen-bond donors (Lipinski definition) is 1. The van der Waals surface area contributed by atoms with E-state index in [-0.39, 0.29) is 0 Å². The van der Waals surface area contributed by atoms with Gasteiger partial charge in [0.05, 0.1) is 5.71 Å². The maximum atomic E-state index is 8.76. The SMILES string of the molecule is C/C(=N/O)C1CCN(Cc2ccccc2)CC1. The van der Waals surface area contributed by atoms with Crippen molar-refractivity contribution in [3.05, 3.63) is 35.9 Å². The van der Waals surface area contributed by atoms with Crippen molar-refractivity contribution in [2.45, 2.75) is 26.3 Å². The van der Waals surface area contributed by atoms with Gasteiger partial charge in [0.25, 0.3) is 0 Å². The molecule has 0 spiro atoms. The molecule has 3 heteroatoms. The summed E-state index contributed by atoms with van der Waals surface area (Å²) in [5.74, 6) is 0.465. The Morgan fingerprint density at radius 3 is 2.53 bits per heavy atom. The summed E-state index contributed by atoms with van der Waals surface area (Å²) in [7, 11) is 0. The second-order valence-electron chi connectivity index (χ2n) is 4.78. The lowest BCUT2D eigenvalue weighted by molar-refractivity contribution is 0.199. The van der Waals surface area contributed by atoms with E-state index in [0.717, 1.165) is 38.2 Å². The third kappa shape index (κ3) is 3.30. The summed E-state index contributed by atoms with van der Waals surface area (Å²) in [4.78, 5) is 2.47. The van der Waals surface area contributed by atoms with Gasteiger partial charge < -0.3 is 5.21 Å². The molecule has 0 atom stereocenters. The minimum Gasteiger partial charge on any atom is -0.411 e. The van der Waals surface area contributed by atoms with Crippen molar-refractivity contribution in [3.8, 4) is 0 Å². The standard InChI is InChI=1S/C14H20N2O/c1-12(15-17)14-7-9-16(10-8-14)11-13-5-3-2-4-6-13/h2-6,14,17H,7-11H2,1H3/b15-12-. The Hall–Kier alpha value is -1.35. The summed E-state index contributed by atoms with van der Waals surface area (Å²) in [5.41, 5.74) is 2.25. The molecule has 0 bridgehead atoms. The van der Waals surface area contributed by atoms with Crippen LogP contribution in [-0.4, -0.2) is 28.9 Å². The minimum atomic E-state index is 0.465. The molecule has 2 rings (SSSR count). The van der Waals surface area contributed by atoms with Gasteiger partial charge >= 0.3 is 0 Å². The Balaban J connectivity index is 1.84. The summed E-state index contributed by atoms with van der Waals surface area (Å²) in [6, 6.07) is 10.6. The van der Waals surface area contributed by atoms with E-state index in [1.807, 2.05) is 6.92 Å². The van der Waals surface area contributed by atoms with E-state index < -0.39 is 0 Å². The van der Waals surface area contributed by atoms with Crippen LogP contribution in [0.15, 0.2) is 35.5 Å². The van der Waals surface area contributed by atoms with Crippen molar-refractivity contribution >= 4 is 5.71 Å². The van der Waals surface area contributed by atoms with E-state index in [2.05, 4.69) is 40.4 Å². The molecule has 3 nitrogen and oxygen atoms in total. The number of nitrogens with zero attached hydrogens (tertiary/aromatic N) is 2. The molecule has 1 heterocycles. The molecule has 1 fully saturated rings. The van der Waals surface area contributed by atoms with Gasteiger partial charge in [-0.1, -0.05) is 35.5 Å². The summed E-state index contributed by atoms with van der Waals surface area (Å²) in [6.07, 6.45) is 2.20. The highest BCUT2D eigenvalue weighted by Gasteiger charge is 2.21. The zero-order valence-corrected chi connectivity index (χ0v) is 10.3. The molecule has 1 aliphatic rings. The van der Waals surface area contributed by atoms with Crippen LogP contribution in [0.3, 0.4) is 0 Å². The average molecular weight is 232 g/mol. The fraction of sp³-hybridized carbons (Fsp3) is 0.500. The number of benzene rings is 1. The van der Waals surface area contributed by atoms with Crippen molar-refractivity contribution in [2.24, 2.45) is 11.1 Å². The largest absolute Gasteiger partial charge is 0.411 e. The molecular formula is C14H20N2O. The van der Waals surface area contributed by atoms with Gasteiger partial charge in [0.1, 0.15) is 0 Å². The fourth-order valence-electron chi connectivity index (χ4n) is 2.43. The van der Waals surface area contributed by atoms with Crippen LogP contribution < -0.4 is 0 Å². The van der Waals surface area contributed by atoms with E-state index in [9.17, 15) is 0 Å². The lowest BCUT2D eigenvalue weighted by Gasteiger charge is -2.31. The smallest absolute Gasteiger partial charge is 0.0571 e. The van der Waals surface area contributed by atoms with Crippen LogP contribution in [0.1, 0.15) is 25.3 Å². The van der Waals surface area contributed by atoms with Crippen molar-refractivity contribution in [3.63, 3.8) is 0 Å². The van der Waals surface area contributed by atoms with Gasteiger partial charge in [-0.15, -0.1) is 0 Å². The summed E-state index contributed by atoms with van der Waals surface area (Å²) >= 11 is 0. The van der Waals surface area contributed by atoms with Crippen LogP contribution >= 0.6 is 0 Å². The molecule has 0 aromatic heterocycles. The molecule has 0 unspecified atom stereocenters. The van der Waals surface area contributed by atoms with E-state index in [0.29, 0.717) is 5.92 Å². The van der Waals surface area contributed by atoms with Crippen molar-refractivity contribution in [2.75, 3.05) is 13.1 Å². The number of rotatable bonds is 3. The Labute approximate surface area is 103 Å². The van der Waals surface area contributed by atoms with Crippen LogP contribution in [-0.2, 0) is 6.54 Å². The summed E-state index contributed by atoms with van der Waals surface area (Å²) < 4.78 is 0. The van der Waals surface area contributed by atoms with E-state index in [1.54, 1.807) is 0 Å². The van der Waals surface area contributed by atoms with Crippen LogP contribution in [0.4, 0.5) is 0 Å². The number of oxime groups is 1. The first-order valence-electron chi connectivity index (χ1n) is 6.24. The maximum absolute atomic E-state index is 8.76. The van der Waals surface area contributed by atoms with Gasteiger partial charge in [0, 0.05) is 12.5 Å². The molecule has 1 saturated heterocycles. The fourth-order valence-corrected chi connectivity index (χ4v) is 2.43. The van der Waals surface area contributed by atoms with Crippen molar-refractivity contribution in [1.82, 2.24) is 4.90 Å². The van der Waals surface area contributed by atoms with E-state index >= 15 is 0 Å². The first-order valence-corrected chi connectivity index (χ1v) is 6.24. The average Bonchev–Trinajstić information content (AvgIpc) is 2.40. The monoisotopic (exact) mass is 232 g/mol. The zero-order valence-electron chi connectivity index (χ0n) is 10.3. The van der Waals surface area contributed by atoms with Gasteiger partial charge in [-0.3, -0.25) is 4.90 Å². The topological polar surface area (TPSA) is 35.8 Å². The lowest BCUT2D eigenvalue weighted by atomic mass is 9.92. The van der Waals surface area contributed by atoms with Crippen LogP contribution in [0.5, 0.6) is 0 Å². The Kier molecular flexibility index (Phi) is 4.15. The molecule has 0 radical (unpaired) electrons.